The third kappa shape index (κ3) is 1.94. The molecule has 0 fully saturated rings. The topological polar surface area (TPSA) is 44.0 Å². The molecule has 1 atom stereocenters. The van der Waals surface area contributed by atoms with E-state index in [9.17, 15) is 0 Å². The molecule has 1 N–H and O–H groups in total. The van der Waals surface area contributed by atoms with Crippen molar-refractivity contribution in [3.63, 3.8) is 0 Å². The highest BCUT2D eigenvalue weighted by molar-refractivity contribution is 5.44. The van der Waals surface area contributed by atoms with Crippen molar-refractivity contribution in [3.8, 4) is 6.07 Å². The summed E-state index contributed by atoms with van der Waals surface area (Å²) in [6, 6.07) is 7.87. The summed E-state index contributed by atoms with van der Waals surface area (Å²) in [5, 5.41) is 18.0. The lowest BCUT2D eigenvalue weighted by Crippen LogP contribution is -2.04. The van der Waals surface area contributed by atoms with Gasteiger partial charge in [-0.25, -0.2) is 0 Å². The number of benzene rings is 1. The molecule has 74 valence electrons. The van der Waals surface area contributed by atoms with E-state index in [1.54, 1.807) is 0 Å². The van der Waals surface area contributed by atoms with Gasteiger partial charge in [-0.05, 0) is 23.6 Å². The summed E-state index contributed by atoms with van der Waals surface area (Å²) in [4.78, 5) is 0. The van der Waals surface area contributed by atoms with E-state index in [0.717, 1.165) is 23.1 Å². The molecule has 1 unspecified atom stereocenters. The molecule has 2 heteroatoms. The van der Waals surface area contributed by atoms with Crippen molar-refractivity contribution in [1.29, 1.82) is 5.26 Å². The van der Waals surface area contributed by atoms with Gasteiger partial charge in [0.2, 0.25) is 0 Å². The Morgan fingerprint density at radius 2 is 2.21 bits per heavy atom. The zero-order valence-corrected chi connectivity index (χ0v) is 8.62. The molecule has 0 aliphatic carbocycles. The summed E-state index contributed by atoms with van der Waals surface area (Å²) in [5.41, 5.74) is 2.89. The third-order valence-electron chi connectivity index (χ3n) is 2.49. The van der Waals surface area contributed by atoms with E-state index in [1.165, 1.54) is 0 Å². The van der Waals surface area contributed by atoms with Gasteiger partial charge in [0, 0.05) is 12.5 Å². The number of aliphatic hydroxyl groups is 1. The molecule has 0 saturated carbocycles. The SMILES string of the molecule is CCc1c(C#N)cccc1C(C)CO. The minimum absolute atomic E-state index is 0.109. The number of nitriles is 1. The zero-order chi connectivity index (χ0) is 10.6. The molecule has 0 amide bonds. The average Bonchev–Trinajstić information content (AvgIpc) is 2.26. The maximum absolute atomic E-state index is 9.09. The second kappa shape index (κ2) is 4.78. The fourth-order valence-electron chi connectivity index (χ4n) is 1.66. The van der Waals surface area contributed by atoms with Crippen LogP contribution in [-0.4, -0.2) is 11.7 Å². The molecule has 0 heterocycles. The fourth-order valence-corrected chi connectivity index (χ4v) is 1.66. The normalized spacial score (nSPS) is 12.1. The predicted octanol–water partition coefficient (Wildman–Crippen LogP) is 2.22. The smallest absolute Gasteiger partial charge is 0.0994 e. The highest BCUT2D eigenvalue weighted by Gasteiger charge is 2.11. The summed E-state index contributed by atoms with van der Waals surface area (Å²) in [6.07, 6.45) is 0.837. The van der Waals surface area contributed by atoms with E-state index in [0.29, 0.717) is 0 Å². The summed E-state index contributed by atoms with van der Waals surface area (Å²) >= 11 is 0. The number of rotatable bonds is 3. The Hall–Kier alpha value is -1.33. The van der Waals surface area contributed by atoms with Crippen molar-refractivity contribution < 1.29 is 5.11 Å². The minimum Gasteiger partial charge on any atom is -0.396 e. The molecule has 1 rings (SSSR count). The van der Waals surface area contributed by atoms with E-state index in [1.807, 2.05) is 32.0 Å². The summed E-state index contributed by atoms with van der Waals surface area (Å²) < 4.78 is 0. The van der Waals surface area contributed by atoms with Crippen LogP contribution in [0.5, 0.6) is 0 Å². The van der Waals surface area contributed by atoms with E-state index >= 15 is 0 Å². The zero-order valence-electron chi connectivity index (χ0n) is 8.62. The second-order valence-electron chi connectivity index (χ2n) is 3.42. The summed E-state index contributed by atoms with van der Waals surface area (Å²) in [7, 11) is 0. The molecule has 1 aromatic rings. The third-order valence-corrected chi connectivity index (χ3v) is 2.49. The number of aliphatic hydroxyl groups excluding tert-OH is 1. The molecule has 0 aromatic heterocycles. The van der Waals surface area contributed by atoms with Crippen LogP contribution in [0.4, 0.5) is 0 Å². The van der Waals surface area contributed by atoms with E-state index in [2.05, 4.69) is 6.07 Å². The Bertz CT molecular complexity index is 352. The maximum atomic E-state index is 9.09. The van der Waals surface area contributed by atoms with E-state index in [4.69, 9.17) is 10.4 Å². The van der Waals surface area contributed by atoms with Crippen LogP contribution in [0.15, 0.2) is 18.2 Å². The molecule has 1 aromatic carbocycles. The van der Waals surface area contributed by atoms with Gasteiger partial charge in [0.1, 0.15) is 0 Å². The molecule has 0 bridgehead atoms. The number of hydrogen-bond acceptors (Lipinski definition) is 2. The molecular formula is C12H15NO. The van der Waals surface area contributed by atoms with Crippen LogP contribution < -0.4 is 0 Å². The summed E-state index contributed by atoms with van der Waals surface area (Å²) in [6.45, 7) is 4.13. The van der Waals surface area contributed by atoms with Gasteiger partial charge >= 0.3 is 0 Å². The first-order valence-corrected chi connectivity index (χ1v) is 4.87. The van der Waals surface area contributed by atoms with E-state index in [-0.39, 0.29) is 12.5 Å². The van der Waals surface area contributed by atoms with Crippen molar-refractivity contribution in [1.82, 2.24) is 0 Å². The van der Waals surface area contributed by atoms with Crippen molar-refractivity contribution in [2.45, 2.75) is 26.2 Å². The highest BCUT2D eigenvalue weighted by Crippen LogP contribution is 2.22. The lowest BCUT2D eigenvalue weighted by molar-refractivity contribution is 0.272. The second-order valence-corrected chi connectivity index (χ2v) is 3.42. The van der Waals surface area contributed by atoms with Gasteiger partial charge in [-0.1, -0.05) is 26.0 Å². The number of hydrogen-bond donors (Lipinski definition) is 1. The van der Waals surface area contributed by atoms with Gasteiger partial charge in [0.05, 0.1) is 11.6 Å². The quantitative estimate of drug-likeness (QED) is 0.792. The molecule has 0 aliphatic heterocycles. The lowest BCUT2D eigenvalue weighted by atomic mass is 9.92. The molecule has 14 heavy (non-hydrogen) atoms. The molecule has 0 aliphatic rings. The Morgan fingerprint density at radius 3 is 2.71 bits per heavy atom. The Balaban J connectivity index is 3.23. The molecular weight excluding hydrogens is 174 g/mol. The van der Waals surface area contributed by atoms with Crippen molar-refractivity contribution >= 4 is 0 Å². The van der Waals surface area contributed by atoms with Crippen molar-refractivity contribution in [2.75, 3.05) is 6.61 Å². The Morgan fingerprint density at radius 1 is 1.50 bits per heavy atom. The lowest BCUT2D eigenvalue weighted by Gasteiger charge is -2.14. The standard InChI is InChI=1S/C12H15NO/c1-3-11-10(7-13)5-4-6-12(11)9(2)8-14/h4-6,9,14H,3,8H2,1-2H3. The molecule has 0 radical (unpaired) electrons. The predicted molar refractivity (Wildman–Crippen MR) is 56.0 cm³/mol. The van der Waals surface area contributed by atoms with E-state index < -0.39 is 0 Å². The first kappa shape index (κ1) is 10.7. The molecule has 0 spiro atoms. The molecule has 2 nitrogen and oxygen atoms in total. The first-order chi connectivity index (χ1) is 6.74. The molecule has 0 saturated heterocycles. The minimum atomic E-state index is 0.109. The van der Waals surface area contributed by atoms with Gasteiger partial charge in [-0.15, -0.1) is 0 Å². The van der Waals surface area contributed by atoms with Gasteiger partial charge in [0.25, 0.3) is 0 Å². The Kier molecular flexibility index (Phi) is 3.67. The van der Waals surface area contributed by atoms with Gasteiger partial charge < -0.3 is 5.11 Å². The Labute approximate surface area is 84.8 Å². The van der Waals surface area contributed by atoms with Gasteiger partial charge in [-0.3, -0.25) is 0 Å². The van der Waals surface area contributed by atoms with Crippen LogP contribution in [0.3, 0.4) is 0 Å². The van der Waals surface area contributed by atoms with Crippen LogP contribution in [-0.2, 0) is 6.42 Å². The van der Waals surface area contributed by atoms with Crippen LogP contribution in [0.25, 0.3) is 0 Å². The van der Waals surface area contributed by atoms with Crippen LogP contribution in [0.1, 0.15) is 36.5 Å². The van der Waals surface area contributed by atoms with Gasteiger partial charge in [-0.2, -0.15) is 5.26 Å². The van der Waals surface area contributed by atoms with Crippen LogP contribution >= 0.6 is 0 Å². The average molecular weight is 189 g/mol. The van der Waals surface area contributed by atoms with Gasteiger partial charge in [0.15, 0.2) is 0 Å². The van der Waals surface area contributed by atoms with Crippen LogP contribution in [0, 0.1) is 11.3 Å². The largest absolute Gasteiger partial charge is 0.396 e. The number of nitrogens with zero attached hydrogens (tertiary/aromatic N) is 1. The van der Waals surface area contributed by atoms with Crippen molar-refractivity contribution in [2.24, 2.45) is 0 Å². The first-order valence-electron chi connectivity index (χ1n) is 4.87. The summed E-state index contributed by atoms with van der Waals surface area (Å²) in [5.74, 6) is 0.109. The van der Waals surface area contributed by atoms with Crippen LogP contribution in [0.2, 0.25) is 0 Å². The van der Waals surface area contributed by atoms with Crippen molar-refractivity contribution in [3.05, 3.63) is 34.9 Å². The monoisotopic (exact) mass is 189 g/mol. The highest BCUT2D eigenvalue weighted by atomic mass is 16.3. The fraction of sp³-hybridized carbons (Fsp3) is 0.417. The maximum Gasteiger partial charge on any atom is 0.0994 e.